The molecule has 7 nitrogen and oxygen atoms in total. The van der Waals surface area contributed by atoms with E-state index < -0.39 is 0 Å². The lowest BCUT2D eigenvalue weighted by Crippen LogP contribution is -2.30. The zero-order chi connectivity index (χ0) is 14.5. The van der Waals surface area contributed by atoms with Gasteiger partial charge in [0.05, 0.1) is 0 Å². The number of aromatic nitrogens is 5. The Morgan fingerprint density at radius 3 is 2.71 bits per heavy atom. The fourth-order valence-electron chi connectivity index (χ4n) is 2.59. The van der Waals surface area contributed by atoms with E-state index in [0.29, 0.717) is 0 Å². The second-order valence-electron chi connectivity index (χ2n) is 5.29. The van der Waals surface area contributed by atoms with Crippen LogP contribution in [0.2, 0.25) is 0 Å². The lowest BCUT2D eigenvalue weighted by Gasteiger charge is -2.27. The summed E-state index contributed by atoms with van der Waals surface area (Å²) in [5, 5.41) is 7.39. The van der Waals surface area contributed by atoms with E-state index in [1.807, 2.05) is 13.1 Å². The Labute approximate surface area is 124 Å². The molecule has 1 fully saturated rings. The van der Waals surface area contributed by atoms with Gasteiger partial charge in [-0.05, 0) is 19.3 Å². The third-order valence-electron chi connectivity index (χ3n) is 3.79. The summed E-state index contributed by atoms with van der Waals surface area (Å²) in [6.45, 7) is 2.97. The summed E-state index contributed by atoms with van der Waals surface area (Å²) in [6, 6.07) is 2.03. The van der Waals surface area contributed by atoms with Crippen LogP contribution in [0.5, 0.6) is 0 Å². The zero-order valence-corrected chi connectivity index (χ0v) is 12.4. The van der Waals surface area contributed by atoms with Crippen LogP contribution in [-0.4, -0.2) is 44.4 Å². The molecule has 112 valence electrons. The minimum absolute atomic E-state index is 0.781. The highest BCUT2D eigenvalue weighted by atomic mass is 15.3. The molecule has 0 spiro atoms. The van der Waals surface area contributed by atoms with Gasteiger partial charge in [0.2, 0.25) is 0 Å². The van der Waals surface area contributed by atoms with Crippen LogP contribution in [0, 0.1) is 0 Å². The fourth-order valence-corrected chi connectivity index (χ4v) is 2.59. The first-order valence-electron chi connectivity index (χ1n) is 7.46. The quantitative estimate of drug-likeness (QED) is 0.892. The number of nitrogens with one attached hydrogen (secondary N) is 1. The van der Waals surface area contributed by atoms with Crippen molar-refractivity contribution in [3.63, 3.8) is 0 Å². The molecule has 1 aliphatic rings. The standard InChI is InChI=1S/C14H21N7/c1-20-13(18-11-19-20)5-6-15-12-9-14(17-10-16-12)21-7-3-2-4-8-21/h9-11H,2-8H2,1H3,(H,15,16,17). The molecule has 0 amide bonds. The Balaban J connectivity index is 1.57. The lowest BCUT2D eigenvalue weighted by molar-refractivity contribution is 0.573. The summed E-state index contributed by atoms with van der Waals surface area (Å²) in [5.41, 5.74) is 0. The Hall–Kier alpha value is -2.18. The zero-order valence-electron chi connectivity index (χ0n) is 12.4. The summed E-state index contributed by atoms with van der Waals surface area (Å²) >= 11 is 0. The average Bonchev–Trinajstić information content (AvgIpc) is 2.94. The number of rotatable bonds is 5. The van der Waals surface area contributed by atoms with Crippen molar-refractivity contribution < 1.29 is 0 Å². The highest BCUT2D eigenvalue weighted by molar-refractivity contribution is 5.48. The van der Waals surface area contributed by atoms with Crippen molar-refractivity contribution >= 4 is 11.6 Å². The van der Waals surface area contributed by atoms with Gasteiger partial charge in [-0.25, -0.2) is 15.0 Å². The molecule has 0 bridgehead atoms. The van der Waals surface area contributed by atoms with Crippen LogP contribution in [0.25, 0.3) is 0 Å². The molecule has 0 unspecified atom stereocenters. The number of anilines is 2. The molecule has 1 saturated heterocycles. The maximum atomic E-state index is 4.38. The van der Waals surface area contributed by atoms with E-state index in [-0.39, 0.29) is 0 Å². The maximum absolute atomic E-state index is 4.38. The first-order chi connectivity index (χ1) is 10.3. The van der Waals surface area contributed by atoms with E-state index in [0.717, 1.165) is 43.5 Å². The molecule has 7 heteroatoms. The predicted molar refractivity (Wildman–Crippen MR) is 81.3 cm³/mol. The van der Waals surface area contributed by atoms with E-state index in [2.05, 4.69) is 30.3 Å². The van der Waals surface area contributed by atoms with Gasteiger partial charge in [-0.1, -0.05) is 0 Å². The maximum Gasteiger partial charge on any atom is 0.138 e. The van der Waals surface area contributed by atoms with Gasteiger partial charge in [0.15, 0.2) is 0 Å². The molecule has 0 aliphatic carbocycles. The van der Waals surface area contributed by atoms with Gasteiger partial charge >= 0.3 is 0 Å². The Morgan fingerprint density at radius 2 is 1.95 bits per heavy atom. The summed E-state index contributed by atoms with van der Waals surface area (Å²) in [6.07, 6.45) is 7.85. The van der Waals surface area contributed by atoms with E-state index >= 15 is 0 Å². The van der Waals surface area contributed by atoms with Crippen LogP contribution >= 0.6 is 0 Å². The normalized spacial score (nSPS) is 15.2. The third kappa shape index (κ3) is 3.48. The number of hydrogen-bond donors (Lipinski definition) is 1. The van der Waals surface area contributed by atoms with Gasteiger partial charge < -0.3 is 10.2 Å². The molecule has 1 N–H and O–H groups in total. The third-order valence-corrected chi connectivity index (χ3v) is 3.79. The van der Waals surface area contributed by atoms with Crippen molar-refractivity contribution in [3.05, 3.63) is 24.5 Å². The SMILES string of the molecule is Cn1ncnc1CCNc1cc(N2CCCCC2)ncn1. The van der Waals surface area contributed by atoms with Gasteiger partial charge in [-0.2, -0.15) is 5.10 Å². The van der Waals surface area contributed by atoms with Crippen LogP contribution in [0.1, 0.15) is 25.1 Å². The molecular weight excluding hydrogens is 266 g/mol. The molecule has 3 heterocycles. The average molecular weight is 287 g/mol. The van der Waals surface area contributed by atoms with E-state index in [4.69, 9.17) is 0 Å². The summed E-state index contributed by atoms with van der Waals surface area (Å²) in [4.78, 5) is 15.2. The van der Waals surface area contributed by atoms with Gasteiger partial charge in [0.1, 0.15) is 30.1 Å². The minimum atomic E-state index is 0.781. The van der Waals surface area contributed by atoms with Crippen molar-refractivity contribution in [2.45, 2.75) is 25.7 Å². The molecule has 1 aliphatic heterocycles. The van der Waals surface area contributed by atoms with Gasteiger partial charge in [0.25, 0.3) is 0 Å². The number of nitrogens with zero attached hydrogens (tertiary/aromatic N) is 6. The van der Waals surface area contributed by atoms with Crippen molar-refractivity contribution in [2.75, 3.05) is 29.9 Å². The minimum Gasteiger partial charge on any atom is -0.369 e. The van der Waals surface area contributed by atoms with E-state index in [9.17, 15) is 0 Å². The topological polar surface area (TPSA) is 71.8 Å². The second-order valence-corrected chi connectivity index (χ2v) is 5.29. The monoisotopic (exact) mass is 287 g/mol. The second kappa shape index (κ2) is 6.51. The largest absolute Gasteiger partial charge is 0.369 e. The fraction of sp³-hybridized carbons (Fsp3) is 0.571. The van der Waals surface area contributed by atoms with Gasteiger partial charge in [-0.15, -0.1) is 0 Å². The lowest BCUT2D eigenvalue weighted by atomic mass is 10.1. The summed E-state index contributed by atoms with van der Waals surface area (Å²) in [7, 11) is 1.90. The molecule has 21 heavy (non-hydrogen) atoms. The number of aryl methyl sites for hydroxylation is 1. The first kappa shape index (κ1) is 13.8. The van der Waals surface area contributed by atoms with Crippen LogP contribution in [0.4, 0.5) is 11.6 Å². The van der Waals surface area contributed by atoms with Crippen LogP contribution in [-0.2, 0) is 13.5 Å². The number of hydrogen-bond acceptors (Lipinski definition) is 6. The Bertz CT molecular complexity index is 574. The molecular formula is C14H21N7. The van der Waals surface area contributed by atoms with Crippen LogP contribution in [0.3, 0.4) is 0 Å². The Morgan fingerprint density at radius 1 is 1.10 bits per heavy atom. The van der Waals surface area contributed by atoms with Crippen molar-refractivity contribution in [1.29, 1.82) is 0 Å². The summed E-state index contributed by atoms with van der Waals surface area (Å²) in [5.74, 6) is 2.85. The molecule has 0 radical (unpaired) electrons. The number of piperidine rings is 1. The molecule has 3 rings (SSSR count). The van der Waals surface area contributed by atoms with Crippen LogP contribution in [0.15, 0.2) is 18.7 Å². The molecule has 0 aromatic carbocycles. The molecule has 0 atom stereocenters. The van der Waals surface area contributed by atoms with E-state index in [1.165, 1.54) is 19.3 Å². The van der Waals surface area contributed by atoms with Crippen molar-refractivity contribution in [2.24, 2.45) is 7.05 Å². The first-order valence-corrected chi connectivity index (χ1v) is 7.46. The smallest absolute Gasteiger partial charge is 0.138 e. The van der Waals surface area contributed by atoms with Gasteiger partial charge in [0, 0.05) is 39.2 Å². The molecule has 2 aromatic heterocycles. The highest BCUT2D eigenvalue weighted by Gasteiger charge is 2.12. The van der Waals surface area contributed by atoms with E-state index in [1.54, 1.807) is 17.3 Å². The van der Waals surface area contributed by atoms with Crippen molar-refractivity contribution in [1.82, 2.24) is 24.7 Å². The molecule has 0 saturated carbocycles. The summed E-state index contributed by atoms with van der Waals surface area (Å²) < 4.78 is 1.79. The highest BCUT2D eigenvalue weighted by Crippen LogP contribution is 2.18. The van der Waals surface area contributed by atoms with Crippen LogP contribution < -0.4 is 10.2 Å². The van der Waals surface area contributed by atoms with Crippen molar-refractivity contribution in [3.8, 4) is 0 Å². The van der Waals surface area contributed by atoms with Gasteiger partial charge in [-0.3, -0.25) is 4.68 Å². The Kier molecular flexibility index (Phi) is 4.28. The molecule has 2 aromatic rings. The predicted octanol–water partition coefficient (Wildman–Crippen LogP) is 1.25.